The van der Waals surface area contributed by atoms with E-state index in [9.17, 15) is 9.59 Å². The van der Waals surface area contributed by atoms with Crippen LogP contribution in [0, 0.1) is 19.7 Å². The molecule has 3 aromatic rings. The molecule has 0 bridgehead atoms. The molecule has 0 saturated carbocycles. The Labute approximate surface area is 235 Å². The van der Waals surface area contributed by atoms with Gasteiger partial charge < -0.3 is 15.0 Å². The van der Waals surface area contributed by atoms with Crippen LogP contribution in [0.3, 0.4) is 0 Å². The number of halogens is 3. The van der Waals surface area contributed by atoms with Crippen LogP contribution < -0.4 is 10.1 Å². The van der Waals surface area contributed by atoms with Crippen LogP contribution in [0.4, 0.5) is 14.9 Å². The van der Waals surface area contributed by atoms with Crippen LogP contribution in [-0.2, 0) is 4.79 Å². The quantitative estimate of drug-likeness (QED) is 0.322. The summed E-state index contributed by atoms with van der Waals surface area (Å²) < 4.78 is 22.0. The third kappa shape index (κ3) is 5.15. The molecule has 0 radical (unpaired) electrons. The first kappa shape index (κ1) is 27.7. The number of carbonyl (C=O) groups is 2. The van der Waals surface area contributed by atoms with Gasteiger partial charge in [-0.2, -0.15) is 0 Å². The van der Waals surface area contributed by atoms with E-state index in [0.29, 0.717) is 26.4 Å². The van der Waals surface area contributed by atoms with Gasteiger partial charge >= 0.3 is 6.03 Å². The number of hydrogen-bond acceptors (Lipinski definition) is 3. The van der Waals surface area contributed by atoms with E-state index in [0.717, 1.165) is 11.1 Å². The first-order valence-electron chi connectivity index (χ1n) is 12.0. The summed E-state index contributed by atoms with van der Waals surface area (Å²) in [5.41, 5.74) is 3.44. The molecular weight excluding hydrogens is 573 g/mol. The van der Waals surface area contributed by atoms with Gasteiger partial charge in [0.05, 0.1) is 40.2 Å². The van der Waals surface area contributed by atoms with Crippen molar-refractivity contribution in [2.45, 2.75) is 26.8 Å². The first-order valence-corrected chi connectivity index (χ1v) is 13.2. The standard InChI is InChI=1S/C29H28BrClFN3O3/c1-6-38-22-15-19(30)14-21(32)23(22)27-24(28(36)33-25-17(3)12-16(2)13-20(25)31)26(18-10-8-7-9-11-18)34(4)29(37)35(27)5/h7-15,27H,6H2,1-5H3,(H,33,36). The molecule has 38 heavy (non-hydrogen) atoms. The van der Waals surface area contributed by atoms with E-state index >= 15 is 4.39 Å². The minimum atomic E-state index is -1.09. The van der Waals surface area contributed by atoms with Crippen molar-refractivity contribution < 1.29 is 18.7 Å². The lowest BCUT2D eigenvalue weighted by Crippen LogP contribution is -2.48. The fourth-order valence-corrected chi connectivity index (χ4v) is 5.60. The molecule has 0 saturated heterocycles. The van der Waals surface area contributed by atoms with Gasteiger partial charge in [-0.05, 0) is 55.7 Å². The Balaban J connectivity index is 2.02. The maximum absolute atomic E-state index is 15.7. The largest absolute Gasteiger partial charge is 0.493 e. The summed E-state index contributed by atoms with van der Waals surface area (Å²) in [6.45, 7) is 5.82. The summed E-state index contributed by atoms with van der Waals surface area (Å²) in [5.74, 6) is -0.895. The summed E-state index contributed by atoms with van der Waals surface area (Å²) in [6.07, 6.45) is 0. The highest BCUT2D eigenvalue weighted by Gasteiger charge is 2.43. The predicted octanol–water partition coefficient (Wildman–Crippen LogP) is 7.35. The minimum Gasteiger partial charge on any atom is -0.493 e. The van der Waals surface area contributed by atoms with E-state index in [4.69, 9.17) is 16.3 Å². The first-order chi connectivity index (χ1) is 18.0. The number of aryl methyl sites for hydroxylation is 2. The summed E-state index contributed by atoms with van der Waals surface area (Å²) in [5, 5.41) is 3.33. The van der Waals surface area contributed by atoms with Crippen LogP contribution in [0.5, 0.6) is 5.75 Å². The van der Waals surface area contributed by atoms with Crippen molar-refractivity contribution in [3.05, 3.63) is 97.7 Å². The molecule has 198 valence electrons. The number of nitrogens with zero attached hydrogens (tertiary/aromatic N) is 2. The predicted molar refractivity (Wildman–Crippen MR) is 152 cm³/mol. The van der Waals surface area contributed by atoms with Crippen LogP contribution in [0.25, 0.3) is 5.70 Å². The van der Waals surface area contributed by atoms with Crippen LogP contribution >= 0.6 is 27.5 Å². The fourth-order valence-electron chi connectivity index (χ4n) is 4.82. The summed E-state index contributed by atoms with van der Waals surface area (Å²) >= 11 is 9.84. The molecule has 0 aliphatic carbocycles. The number of carbonyl (C=O) groups excluding carboxylic acids is 2. The monoisotopic (exact) mass is 599 g/mol. The topological polar surface area (TPSA) is 61.9 Å². The maximum atomic E-state index is 15.7. The van der Waals surface area contributed by atoms with Gasteiger partial charge in [0.1, 0.15) is 11.6 Å². The van der Waals surface area contributed by atoms with Crippen molar-refractivity contribution in [2.75, 3.05) is 26.0 Å². The van der Waals surface area contributed by atoms with Crippen molar-refractivity contribution in [2.24, 2.45) is 0 Å². The van der Waals surface area contributed by atoms with Crippen LogP contribution in [-0.4, -0.2) is 42.4 Å². The number of benzene rings is 3. The zero-order valence-electron chi connectivity index (χ0n) is 21.7. The van der Waals surface area contributed by atoms with Crippen LogP contribution in [0.1, 0.15) is 35.2 Å². The van der Waals surface area contributed by atoms with E-state index in [1.807, 2.05) is 38.1 Å². The average molecular weight is 601 g/mol. The Morgan fingerprint density at radius 1 is 1.13 bits per heavy atom. The molecule has 0 fully saturated rings. The average Bonchev–Trinajstić information content (AvgIpc) is 2.86. The van der Waals surface area contributed by atoms with Gasteiger partial charge in [0.2, 0.25) is 0 Å². The molecule has 0 spiro atoms. The van der Waals surface area contributed by atoms with Crippen molar-refractivity contribution in [3.8, 4) is 5.75 Å². The van der Waals surface area contributed by atoms with Gasteiger partial charge in [-0.15, -0.1) is 0 Å². The molecule has 6 nitrogen and oxygen atoms in total. The van der Waals surface area contributed by atoms with Gasteiger partial charge in [0.25, 0.3) is 5.91 Å². The summed E-state index contributed by atoms with van der Waals surface area (Å²) in [6, 6.07) is 14.2. The summed E-state index contributed by atoms with van der Waals surface area (Å²) in [4.78, 5) is 30.5. The second kappa shape index (κ2) is 11.2. The van der Waals surface area contributed by atoms with E-state index in [-0.39, 0.29) is 23.5 Å². The Bertz CT molecular complexity index is 1420. The van der Waals surface area contributed by atoms with Crippen molar-refractivity contribution in [1.29, 1.82) is 0 Å². The Morgan fingerprint density at radius 2 is 1.82 bits per heavy atom. The lowest BCUT2D eigenvalue weighted by molar-refractivity contribution is -0.113. The Hall–Kier alpha value is -3.36. The number of rotatable bonds is 6. The molecule has 3 amide bonds. The number of ether oxygens (including phenoxy) is 1. The van der Waals surface area contributed by atoms with E-state index in [2.05, 4.69) is 21.2 Å². The Kier molecular flexibility index (Phi) is 8.13. The molecule has 1 heterocycles. The van der Waals surface area contributed by atoms with E-state index < -0.39 is 23.8 Å². The second-order valence-corrected chi connectivity index (χ2v) is 10.4. The van der Waals surface area contributed by atoms with Crippen molar-refractivity contribution >= 4 is 50.9 Å². The molecule has 4 rings (SSSR count). The SMILES string of the molecule is CCOc1cc(Br)cc(F)c1C1C(C(=O)Nc2c(C)cc(C)cc2Cl)=C(c2ccccc2)N(C)C(=O)N1C. The third-order valence-electron chi connectivity index (χ3n) is 6.43. The molecule has 1 aliphatic rings. The van der Waals surface area contributed by atoms with Crippen LogP contribution in [0.15, 0.2) is 64.6 Å². The smallest absolute Gasteiger partial charge is 0.324 e. The summed E-state index contributed by atoms with van der Waals surface area (Å²) in [7, 11) is 3.13. The number of hydrogen-bond donors (Lipinski definition) is 1. The molecule has 3 aromatic carbocycles. The highest BCUT2D eigenvalue weighted by atomic mass is 79.9. The van der Waals surface area contributed by atoms with Gasteiger partial charge in [0, 0.05) is 18.6 Å². The van der Waals surface area contributed by atoms with Crippen molar-refractivity contribution in [3.63, 3.8) is 0 Å². The number of urea groups is 1. The maximum Gasteiger partial charge on any atom is 0.324 e. The van der Waals surface area contributed by atoms with E-state index in [1.54, 1.807) is 45.3 Å². The lowest BCUT2D eigenvalue weighted by atomic mass is 9.89. The molecule has 0 aromatic heterocycles. The van der Waals surface area contributed by atoms with E-state index in [1.165, 1.54) is 15.9 Å². The number of nitrogens with one attached hydrogen (secondary N) is 1. The lowest BCUT2D eigenvalue weighted by Gasteiger charge is -2.41. The number of amides is 3. The highest BCUT2D eigenvalue weighted by molar-refractivity contribution is 9.10. The Morgan fingerprint density at radius 3 is 2.45 bits per heavy atom. The molecular formula is C29H28BrClFN3O3. The van der Waals surface area contributed by atoms with Crippen molar-refractivity contribution in [1.82, 2.24) is 9.80 Å². The second-order valence-electron chi connectivity index (χ2n) is 9.11. The third-order valence-corrected chi connectivity index (χ3v) is 7.19. The van der Waals surface area contributed by atoms with Crippen LogP contribution in [0.2, 0.25) is 5.02 Å². The van der Waals surface area contributed by atoms with Gasteiger partial charge in [0.15, 0.2) is 0 Å². The fraction of sp³-hybridized carbons (Fsp3) is 0.241. The van der Waals surface area contributed by atoms with Gasteiger partial charge in [-0.25, -0.2) is 9.18 Å². The molecule has 1 atom stereocenters. The normalized spacial score (nSPS) is 15.7. The highest BCUT2D eigenvalue weighted by Crippen LogP contribution is 2.45. The van der Waals surface area contributed by atoms with Gasteiger partial charge in [-0.1, -0.05) is 63.9 Å². The zero-order chi connectivity index (χ0) is 27.7. The molecule has 1 unspecified atom stereocenters. The molecule has 1 aliphatic heterocycles. The zero-order valence-corrected chi connectivity index (χ0v) is 24.1. The van der Waals surface area contributed by atoms with Gasteiger partial charge in [-0.3, -0.25) is 9.69 Å². The molecule has 9 heteroatoms. The number of anilines is 1. The number of likely N-dealkylation sites (N-methyl/N-ethyl adjacent to an activating group) is 1. The molecule has 1 N–H and O–H groups in total. The minimum absolute atomic E-state index is 0.0873.